The number of thioether (sulfide) groups is 1. The van der Waals surface area contributed by atoms with Crippen molar-refractivity contribution in [2.24, 2.45) is 11.8 Å². The predicted molar refractivity (Wildman–Crippen MR) is 59.9 cm³/mol. The summed E-state index contributed by atoms with van der Waals surface area (Å²) in [6, 6.07) is 0. The summed E-state index contributed by atoms with van der Waals surface area (Å²) in [5.41, 5.74) is 0. The fourth-order valence-corrected chi connectivity index (χ4v) is 2.23. The zero-order valence-electron chi connectivity index (χ0n) is 8.86. The van der Waals surface area contributed by atoms with Crippen LogP contribution in [0.5, 0.6) is 0 Å². The van der Waals surface area contributed by atoms with E-state index in [1.165, 1.54) is 11.8 Å². The largest absolute Gasteiger partial charge is 0.481 e. The molecular formula is C10H17NO3S. The van der Waals surface area contributed by atoms with Gasteiger partial charge in [0.05, 0.1) is 5.75 Å². The lowest BCUT2D eigenvalue weighted by Gasteiger charge is -2.31. The van der Waals surface area contributed by atoms with E-state index in [9.17, 15) is 9.59 Å². The number of hydrogen-bond acceptors (Lipinski definition) is 3. The Balaban J connectivity index is 1.96. The topological polar surface area (TPSA) is 66.4 Å². The first kappa shape index (κ1) is 12.4. The molecule has 0 unspecified atom stereocenters. The second kappa shape index (κ2) is 6.00. The minimum Gasteiger partial charge on any atom is -0.481 e. The van der Waals surface area contributed by atoms with E-state index in [1.807, 2.05) is 0 Å². The SMILES string of the molecule is CC1CC(C(=O)NCCSCC(=O)O)C1. The highest BCUT2D eigenvalue weighted by molar-refractivity contribution is 7.99. The van der Waals surface area contributed by atoms with Gasteiger partial charge in [-0.25, -0.2) is 0 Å². The molecule has 0 aromatic rings. The molecule has 1 amide bonds. The summed E-state index contributed by atoms with van der Waals surface area (Å²) in [4.78, 5) is 21.6. The van der Waals surface area contributed by atoms with Crippen LogP contribution in [-0.2, 0) is 9.59 Å². The number of amides is 1. The van der Waals surface area contributed by atoms with E-state index in [1.54, 1.807) is 0 Å². The molecule has 0 spiro atoms. The molecule has 0 aromatic heterocycles. The number of aliphatic carboxylic acids is 1. The van der Waals surface area contributed by atoms with Gasteiger partial charge in [-0.05, 0) is 18.8 Å². The Labute approximate surface area is 93.8 Å². The lowest BCUT2D eigenvalue weighted by atomic mass is 9.76. The molecule has 0 bridgehead atoms. The fourth-order valence-electron chi connectivity index (χ4n) is 1.67. The number of carbonyl (C=O) groups excluding carboxylic acids is 1. The van der Waals surface area contributed by atoms with Crippen molar-refractivity contribution in [3.63, 3.8) is 0 Å². The quantitative estimate of drug-likeness (QED) is 0.668. The van der Waals surface area contributed by atoms with Gasteiger partial charge in [0.1, 0.15) is 0 Å². The summed E-state index contributed by atoms with van der Waals surface area (Å²) < 4.78 is 0. The zero-order chi connectivity index (χ0) is 11.3. The maximum Gasteiger partial charge on any atom is 0.313 e. The van der Waals surface area contributed by atoms with E-state index in [4.69, 9.17) is 5.11 Å². The van der Waals surface area contributed by atoms with Crippen molar-refractivity contribution in [1.82, 2.24) is 5.32 Å². The minimum absolute atomic E-state index is 0.107. The summed E-state index contributed by atoms with van der Waals surface area (Å²) in [6.45, 7) is 2.72. The van der Waals surface area contributed by atoms with Crippen LogP contribution in [0.4, 0.5) is 0 Å². The Morgan fingerprint density at radius 2 is 2.13 bits per heavy atom. The molecule has 1 rings (SSSR count). The molecule has 2 N–H and O–H groups in total. The minimum atomic E-state index is -0.806. The van der Waals surface area contributed by atoms with Crippen molar-refractivity contribution in [1.29, 1.82) is 0 Å². The molecule has 0 heterocycles. The highest BCUT2D eigenvalue weighted by Crippen LogP contribution is 2.32. The Morgan fingerprint density at radius 1 is 1.47 bits per heavy atom. The summed E-state index contributed by atoms with van der Waals surface area (Å²) in [6.07, 6.45) is 1.99. The van der Waals surface area contributed by atoms with E-state index in [0.29, 0.717) is 18.2 Å². The first-order valence-electron chi connectivity index (χ1n) is 5.17. The van der Waals surface area contributed by atoms with Gasteiger partial charge in [-0.3, -0.25) is 9.59 Å². The number of nitrogens with one attached hydrogen (secondary N) is 1. The lowest BCUT2D eigenvalue weighted by molar-refractivity contribution is -0.134. The van der Waals surface area contributed by atoms with Gasteiger partial charge in [-0.2, -0.15) is 0 Å². The Bertz CT molecular complexity index is 239. The average Bonchev–Trinajstić information content (AvgIpc) is 2.11. The van der Waals surface area contributed by atoms with Gasteiger partial charge in [-0.15, -0.1) is 11.8 Å². The Hall–Kier alpha value is -0.710. The highest BCUT2D eigenvalue weighted by atomic mass is 32.2. The van der Waals surface area contributed by atoms with Crippen molar-refractivity contribution in [2.75, 3.05) is 18.1 Å². The number of hydrogen-bond donors (Lipinski definition) is 2. The van der Waals surface area contributed by atoms with Crippen LogP contribution in [0, 0.1) is 11.8 Å². The van der Waals surface area contributed by atoms with E-state index >= 15 is 0 Å². The van der Waals surface area contributed by atoms with Crippen LogP contribution in [0.3, 0.4) is 0 Å². The van der Waals surface area contributed by atoms with E-state index in [-0.39, 0.29) is 17.6 Å². The van der Waals surface area contributed by atoms with Crippen LogP contribution in [0.1, 0.15) is 19.8 Å². The third-order valence-electron chi connectivity index (χ3n) is 2.52. The van der Waals surface area contributed by atoms with Gasteiger partial charge in [-0.1, -0.05) is 6.92 Å². The first-order valence-corrected chi connectivity index (χ1v) is 6.32. The molecule has 1 fully saturated rings. The van der Waals surface area contributed by atoms with Crippen molar-refractivity contribution >= 4 is 23.6 Å². The van der Waals surface area contributed by atoms with Crippen LogP contribution >= 0.6 is 11.8 Å². The van der Waals surface area contributed by atoms with Crippen LogP contribution < -0.4 is 5.32 Å². The van der Waals surface area contributed by atoms with Crippen LogP contribution in [0.2, 0.25) is 0 Å². The van der Waals surface area contributed by atoms with Crippen molar-refractivity contribution in [3.05, 3.63) is 0 Å². The van der Waals surface area contributed by atoms with Gasteiger partial charge in [0.15, 0.2) is 0 Å². The van der Waals surface area contributed by atoms with Crippen LogP contribution in [0.15, 0.2) is 0 Å². The average molecular weight is 231 g/mol. The maximum atomic E-state index is 11.4. The third-order valence-corrected chi connectivity index (χ3v) is 3.46. The van der Waals surface area contributed by atoms with Gasteiger partial charge >= 0.3 is 5.97 Å². The summed E-state index contributed by atoms with van der Waals surface area (Å²) in [5.74, 6) is 0.978. The monoisotopic (exact) mass is 231 g/mol. The smallest absolute Gasteiger partial charge is 0.313 e. The standard InChI is InChI=1S/C10H17NO3S/c1-7-4-8(5-7)10(14)11-2-3-15-6-9(12)13/h7-8H,2-6H2,1H3,(H,11,14)(H,12,13). The second-order valence-corrected chi connectivity index (χ2v) is 5.12. The maximum absolute atomic E-state index is 11.4. The molecule has 5 heteroatoms. The number of carboxylic acid groups (broad SMARTS) is 1. The number of carbonyl (C=O) groups is 2. The van der Waals surface area contributed by atoms with Crippen LogP contribution in [0.25, 0.3) is 0 Å². The summed E-state index contributed by atoms with van der Waals surface area (Å²) >= 11 is 1.33. The second-order valence-electron chi connectivity index (χ2n) is 4.01. The molecule has 0 aliphatic heterocycles. The molecule has 1 aliphatic carbocycles. The predicted octanol–water partition coefficient (Wildman–Crippen LogP) is 0.966. The molecule has 0 aromatic carbocycles. The molecule has 1 saturated carbocycles. The number of carboxylic acids is 1. The molecule has 15 heavy (non-hydrogen) atoms. The van der Waals surface area contributed by atoms with Crippen molar-refractivity contribution < 1.29 is 14.7 Å². The van der Waals surface area contributed by atoms with E-state index < -0.39 is 5.97 Å². The summed E-state index contributed by atoms with van der Waals surface area (Å²) in [7, 11) is 0. The lowest BCUT2D eigenvalue weighted by Crippen LogP contribution is -2.38. The molecule has 0 atom stereocenters. The van der Waals surface area contributed by atoms with Gasteiger partial charge in [0.2, 0.25) is 5.91 Å². The molecule has 0 saturated heterocycles. The molecule has 0 radical (unpaired) electrons. The zero-order valence-corrected chi connectivity index (χ0v) is 9.68. The molecular weight excluding hydrogens is 214 g/mol. The molecule has 86 valence electrons. The Morgan fingerprint density at radius 3 is 2.67 bits per heavy atom. The van der Waals surface area contributed by atoms with Gasteiger partial charge in [0.25, 0.3) is 0 Å². The molecule has 4 nitrogen and oxygen atoms in total. The fraction of sp³-hybridized carbons (Fsp3) is 0.800. The highest BCUT2D eigenvalue weighted by Gasteiger charge is 2.30. The van der Waals surface area contributed by atoms with E-state index in [2.05, 4.69) is 12.2 Å². The van der Waals surface area contributed by atoms with Crippen molar-refractivity contribution in [3.8, 4) is 0 Å². The molecule has 1 aliphatic rings. The Kier molecular flexibility index (Phi) is 4.94. The normalized spacial score (nSPS) is 24.3. The number of rotatable bonds is 6. The third kappa shape index (κ3) is 4.55. The van der Waals surface area contributed by atoms with Crippen LogP contribution in [-0.4, -0.2) is 35.0 Å². The summed E-state index contributed by atoms with van der Waals surface area (Å²) in [5, 5.41) is 11.2. The first-order chi connectivity index (χ1) is 7.09. The van der Waals surface area contributed by atoms with Gasteiger partial charge < -0.3 is 10.4 Å². The van der Waals surface area contributed by atoms with Crippen molar-refractivity contribution in [2.45, 2.75) is 19.8 Å². The van der Waals surface area contributed by atoms with Gasteiger partial charge in [0, 0.05) is 18.2 Å². The van der Waals surface area contributed by atoms with E-state index in [0.717, 1.165) is 12.8 Å².